The summed E-state index contributed by atoms with van der Waals surface area (Å²) in [7, 11) is 1.51. The molecule has 1 aromatic carbocycles. The summed E-state index contributed by atoms with van der Waals surface area (Å²) in [6.07, 6.45) is 4.59. The van der Waals surface area contributed by atoms with Crippen molar-refractivity contribution in [2.45, 2.75) is 52.2 Å². The average molecular weight is 554 g/mol. The Labute approximate surface area is 200 Å². The highest BCUT2D eigenvalue weighted by molar-refractivity contribution is 14.0. The van der Waals surface area contributed by atoms with Crippen molar-refractivity contribution in [3.63, 3.8) is 0 Å². The highest BCUT2D eigenvalue weighted by Crippen LogP contribution is 2.26. The molecule has 7 nitrogen and oxygen atoms in total. The van der Waals surface area contributed by atoms with Gasteiger partial charge in [0.25, 0.3) is 0 Å². The molecule has 0 radical (unpaired) electrons. The first kappa shape index (κ1) is 27.2. The average Bonchev–Trinajstić information content (AvgIpc) is 2.93. The first-order chi connectivity index (χ1) is 14.5. The van der Waals surface area contributed by atoms with Gasteiger partial charge in [-0.3, -0.25) is 4.79 Å². The SMILES string of the molecule is CCNC(=NCc1cc(OC)ccc1OC(F)F)NCCCN1CCCCCC1=O.I. The van der Waals surface area contributed by atoms with E-state index in [0.29, 0.717) is 43.3 Å². The summed E-state index contributed by atoms with van der Waals surface area (Å²) >= 11 is 0. The number of rotatable bonds is 10. The Morgan fingerprint density at radius 2 is 2.06 bits per heavy atom. The van der Waals surface area contributed by atoms with E-state index in [-0.39, 0.29) is 42.2 Å². The zero-order chi connectivity index (χ0) is 21.8. The molecule has 1 aliphatic heterocycles. The smallest absolute Gasteiger partial charge is 0.387 e. The Balaban J connectivity index is 0.00000480. The fraction of sp³-hybridized carbons (Fsp3) is 0.619. The molecule has 0 saturated carbocycles. The number of hydrogen-bond acceptors (Lipinski definition) is 4. The van der Waals surface area contributed by atoms with Gasteiger partial charge in [-0.2, -0.15) is 8.78 Å². The van der Waals surface area contributed by atoms with Crippen molar-refractivity contribution in [2.75, 3.05) is 33.3 Å². The van der Waals surface area contributed by atoms with Crippen molar-refractivity contribution >= 4 is 35.8 Å². The quantitative estimate of drug-likeness (QED) is 0.200. The molecule has 0 aliphatic carbocycles. The van der Waals surface area contributed by atoms with E-state index in [1.165, 1.54) is 13.2 Å². The van der Waals surface area contributed by atoms with Crippen LogP contribution in [-0.4, -0.2) is 56.7 Å². The molecule has 1 aliphatic rings. The van der Waals surface area contributed by atoms with Crippen LogP contribution >= 0.6 is 24.0 Å². The van der Waals surface area contributed by atoms with Gasteiger partial charge in [-0.25, -0.2) is 4.99 Å². The van der Waals surface area contributed by atoms with Crippen molar-refractivity contribution in [1.82, 2.24) is 15.5 Å². The minimum absolute atomic E-state index is 0. The molecule has 10 heteroatoms. The Kier molecular flexibility index (Phi) is 13.2. The fourth-order valence-electron chi connectivity index (χ4n) is 3.27. The van der Waals surface area contributed by atoms with E-state index in [2.05, 4.69) is 20.4 Å². The number of nitrogens with zero attached hydrogens (tertiary/aromatic N) is 2. The maximum absolute atomic E-state index is 12.7. The van der Waals surface area contributed by atoms with Gasteiger partial charge in [0.1, 0.15) is 11.5 Å². The van der Waals surface area contributed by atoms with Gasteiger partial charge in [-0.1, -0.05) is 6.42 Å². The molecule has 1 saturated heterocycles. The molecule has 0 aromatic heterocycles. The zero-order valence-electron chi connectivity index (χ0n) is 18.2. The number of guanidine groups is 1. The maximum Gasteiger partial charge on any atom is 0.387 e. The Bertz CT molecular complexity index is 707. The Morgan fingerprint density at radius 1 is 1.26 bits per heavy atom. The third kappa shape index (κ3) is 9.88. The summed E-state index contributed by atoms with van der Waals surface area (Å²) in [6, 6.07) is 4.66. The van der Waals surface area contributed by atoms with E-state index < -0.39 is 6.61 Å². The monoisotopic (exact) mass is 554 g/mol. The van der Waals surface area contributed by atoms with Crippen LogP contribution in [-0.2, 0) is 11.3 Å². The second-order valence-corrected chi connectivity index (χ2v) is 7.02. The number of benzene rings is 1. The predicted octanol–water partition coefficient (Wildman–Crippen LogP) is 3.76. The van der Waals surface area contributed by atoms with Crippen molar-refractivity contribution in [2.24, 2.45) is 4.99 Å². The van der Waals surface area contributed by atoms with E-state index in [4.69, 9.17) is 4.74 Å². The summed E-state index contributed by atoms with van der Waals surface area (Å²) in [5.74, 6) is 1.43. The third-order valence-corrected chi connectivity index (χ3v) is 4.80. The molecule has 31 heavy (non-hydrogen) atoms. The van der Waals surface area contributed by atoms with Gasteiger partial charge in [0, 0.05) is 38.2 Å². The molecule has 176 valence electrons. The van der Waals surface area contributed by atoms with Crippen molar-refractivity contribution in [1.29, 1.82) is 0 Å². The lowest BCUT2D eigenvalue weighted by Gasteiger charge is -2.20. The first-order valence-electron chi connectivity index (χ1n) is 10.4. The number of methoxy groups -OCH3 is 1. The Hall–Kier alpha value is -1.85. The molecule has 0 spiro atoms. The second-order valence-electron chi connectivity index (χ2n) is 7.02. The number of likely N-dealkylation sites (tertiary alicyclic amines) is 1. The van der Waals surface area contributed by atoms with Gasteiger partial charge in [0.05, 0.1) is 13.7 Å². The van der Waals surface area contributed by atoms with Crippen LogP contribution in [0, 0.1) is 0 Å². The highest BCUT2D eigenvalue weighted by Gasteiger charge is 2.16. The number of hydrogen-bond donors (Lipinski definition) is 2. The summed E-state index contributed by atoms with van der Waals surface area (Å²) in [4.78, 5) is 18.5. The van der Waals surface area contributed by atoms with E-state index in [1.54, 1.807) is 12.1 Å². The minimum atomic E-state index is -2.91. The van der Waals surface area contributed by atoms with E-state index in [9.17, 15) is 13.6 Å². The van der Waals surface area contributed by atoms with Gasteiger partial charge in [0.2, 0.25) is 5.91 Å². The van der Waals surface area contributed by atoms with Crippen LogP contribution in [0.5, 0.6) is 11.5 Å². The van der Waals surface area contributed by atoms with Crippen LogP contribution in [0.2, 0.25) is 0 Å². The number of carbonyl (C=O) groups excluding carboxylic acids is 1. The summed E-state index contributed by atoms with van der Waals surface area (Å²) in [6.45, 7) is 2.05. The van der Waals surface area contributed by atoms with Crippen molar-refractivity contribution in [3.05, 3.63) is 23.8 Å². The number of aliphatic imine (C=N–C) groups is 1. The summed E-state index contributed by atoms with van der Waals surface area (Å²) in [5.41, 5.74) is 0.502. The van der Waals surface area contributed by atoms with Crippen LogP contribution in [0.1, 0.15) is 44.6 Å². The lowest BCUT2D eigenvalue weighted by Crippen LogP contribution is -2.39. The molecule has 1 amide bonds. The van der Waals surface area contributed by atoms with Gasteiger partial charge in [-0.05, 0) is 44.4 Å². The number of halogens is 3. The molecule has 1 heterocycles. The lowest BCUT2D eigenvalue weighted by atomic mass is 10.2. The normalized spacial score (nSPS) is 14.7. The molecule has 0 atom stereocenters. The standard InChI is InChI=1S/C21H32F2N4O3.HI/c1-3-24-21(25-11-7-13-27-12-6-4-5-8-19(27)28)26-15-16-14-17(29-2)9-10-18(16)30-20(22)23;/h9-10,14,20H,3-8,11-13,15H2,1-2H3,(H2,24,25,26);1H. The van der Waals surface area contributed by atoms with Gasteiger partial charge in [-0.15, -0.1) is 24.0 Å². The largest absolute Gasteiger partial charge is 0.497 e. The molecule has 2 N–H and O–H groups in total. The second kappa shape index (κ2) is 15.0. The number of nitrogens with one attached hydrogen (secondary N) is 2. The Morgan fingerprint density at radius 3 is 2.77 bits per heavy atom. The topological polar surface area (TPSA) is 75.2 Å². The summed E-state index contributed by atoms with van der Waals surface area (Å²) in [5, 5.41) is 6.37. The molecule has 1 aromatic rings. The minimum Gasteiger partial charge on any atom is -0.497 e. The van der Waals surface area contributed by atoms with Crippen molar-refractivity contribution in [3.8, 4) is 11.5 Å². The fourth-order valence-corrected chi connectivity index (χ4v) is 3.27. The van der Waals surface area contributed by atoms with Crippen LogP contribution in [0.3, 0.4) is 0 Å². The van der Waals surface area contributed by atoms with Gasteiger partial charge in [0.15, 0.2) is 5.96 Å². The predicted molar refractivity (Wildman–Crippen MR) is 128 cm³/mol. The van der Waals surface area contributed by atoms with Crippen LogP contribution in [0.15, 0.2) is 23.2 Å². The molecule has 0 unspecified atom stereocenters. The number of amides is 1. The summed E-state index contributed by atoms with van der Waals surface area (Å²) < 4.78 is 35.1. The van der Waals surface area contributed by atoms with Crippen LogP contribution < -0.4 is 20.1 Å². The van der Waals surface area contributed by atoms with E-state index in [1.807, 2.05) is 11.8 Å². The highest BCUT2D eigenvalue weighted by atomic mass is 127. The van der Waals surface area contributed by atoms with Gasteiger partial charge >= 0.3 is 6.61 Å². The number of alkyl halides is 2. The van der Waals surface area contributed by atoms with E-state index in [0.717, 1.165) is 32.2 Å². The van der Waals surface area contributed by atoms with Crippen LogP contribution in [0.25, 0.3) is 0 Å². The lowest BCUT2D eigenvalue weighted by molar-refractivity contribution is -0.130. The zero-order valence-corrected chi connectivity index (χ0v) is 20.5. The van der Waals surface area contributed by atoms with Crippen molar-refractivity contribution < 1.29 is 23.0 Å². The third-order valence-electron chi connectivity index (χ3n) is 4.80. The number of ether oxygens (including phenoxy) is 2. The van der Waals surface area contributed by atoms with Gasteiger partial charge < -0.3 is 25.0 Å². The molecule has 2 rings (SSSR count). The molecular weight excluding hydrogens is 521 g/mol. The molecule has 1 fully saturated rings. The van der Waals surface area contributed by atoms with Crippen LogP contribution in [0.4, 0.5) is 8.78 Å². The maximum atomic E-state index is 12.7. The molecular formula is C21H33F2IN4O3. The number of carbonyl (C=O) groups is 1. The molecule has 0 bridgehead atoms. The first-order valence-corrected chi connectivity index (χ1v) is 10.4. The van der Waals surface area contributed by atoms with E-state index >= 15 is 0 Å².